The van der Waals surface area contributed by atoms with Crippen LogP contribution >= 0.6 is 0 Å². The molecular weight excluding hydrogens is 234 g/mol. The Morgan fingerprint density at radius 3 is 3.17 bits per heavy atom. The van der Waals surface area contributed by atoms with Crippen molar-refractivity contribution in [1.82, 2.24) is 4.98 Å². The Morgan fingerprint density at radius 2 is 2.50 bits per heavy atom. The molecule has 0 aliphatic heterocycles. The molecular formula is C11H13N5O2. The minimum Gasteiger partial charge on any atom is -0.465 e. The third kappa shape index (κ3) is 3.80. The lowest BCUT2D eigenvalue weighted by molar-refractivity contribution is 0.0601. The molecule has 0 aromatic carbocycles. The number of nitrogens with two attached hydrogens (primary N) is 1. The second-order valence-electron chi connectivity index (χ2n) is 3.34. The molecule has 0 saturated carbocycles. The summed E-state index contributed by atoms with van der Waals surface area (Å²) in [5.74, 6) is -0.391. The lowest BCUT2D eigenvalue weighted by Crippen LogP contribution is -2.07. The number of methoxy groups -OCH3 is 1. The number of hydrogen-bond acceptors (Lipinski definition) is 5. The zero-order valence-electron chi connectivity index (χ0n) is 9.91. The third-order valence-corrected chi connectivity index (χ3v) is 2.11. The molecule has 0 amide bonds. The summed E-state index contributed by atoms with van der Waals surface area (Å²) in [6.45, 7) is 0.388. The SMILES string of the molecule is COC(=O)c1cc(C=CCCN=[N+]=[N-])cnc1N. The van der Waals surface area contributed by atoms with Gasteiger partial charge in [-0.1, -0.05) is 17.3 Å². The smallest absolute Gasteiger partial charge is 0.341 e. The molecule has 0 saturated heterocycles. The average molecular weight is 247 g/mol. The van der Waals surface area contributed by atoms with Crippen LogP contribution in [0.4, 0.5) is 5.82 Å². The molecule has 1 heterocycles. The Balaban J connectivity index is 2.78. The van der Waals surface area contributed by atoms with Crippen LogP contribution in [-0.4, -0.2) is 24.6 Å². The van der Waals surface area contributed by atoms with Gasteiger partial charge in [-0.25, -0.2) is 9.78 Å². The van der Waals surface area contributed by atoms with Crippen LogP contribution in [0.3, 0.4) is 0 Å². The molecule has 0 atom stereocenters. The van der Waals surface area contributed by atoms with Crippen molar-refractivity contribution in [2.24, 2.45) is 5.11 Å². The van der Waals surface area contributed by atoms with Gasteiger partial charge >= 0.3 is 5.97 Å². The lowest BCUT2D eigenvalue weighted by atomic mass is 10.1. The standard InChI is InChI=1S/C11H13N5O2/c1-18-11(17)9-6-8(7-14-10(9)12)4-2-3-5-15-16-13/h2,4,6-7H,3,5H2,1H3,(H2,12,14). The Labute approximate surface area is 104 Å². The molecule has 1 aromatic rings. The molecule has 0 fully saturated rings. The normalized spacial score (nSPS) is 10.1. The van der Waals surface area contributed by atoms with E-state index in [4.69, 9.17) is 11.3 Å². The predicted molar refractivity (Wildman–Crippen MR) is 67.7 cm³/mol. The van der Waals surface area contributed by atoms with Crippen LogP contribution in [0, 0.1) is 0 Å². The fraction of sp³-hybridized carbons (Fsp3) is 0.273. The van der Waals surface area contributed by atoms with Crippen molar-refractivity contribution < 1.29 is 9.53 Å². The maximum Gasteiger partial charge on any atom is 0.341 e. The number of rotatable bonds is 5. The maximum absolute atomic E-state index is 11.4. The van der Waals surface area contributed by atoms with E-state index in [2.05, 4.69) is 19.7 Å². The third-order valence-electron chi connectivity index (χ3n) is 2.11. The Hall–Kier alpha value is -2.53. The fourth-order valence-corrected chi connectivity index (χ4v) is 1.25. The van der Waals surface area contributed by atoms with Crippen molar-refractivity contribution >= 4 is 17.9 Å². The number of ether oxygens (including phenoxy) is 1. The minimum absolute atomic E-state index is 0.132. The van der Waals surface area contributed by atoms with Gasteiger partial charge in [0.1, 0.15) is 11.4 Å². The summed E-state index contributed by atoms with van der Waals surface area (Å²) in [5.41, 5.74) is 14.6. The number of nitrogens with zero attached hydrogens (tertiary/aromatic N) is 4. The molecule has 0 aliphatic carbocycles. The van der Waals surface area contributed by atoms with E-state index in [0.29, 0.717) is 13.0 Å². The first-order chi connectivity index (χ1) is 8.69. The van der Waals surface area contributed by atoms with Gasteiger partial charge in [-0.15, -0.1) is 0 Å². The van der Waals surface area contributed by atoms with Gasteiger partial charge in [0.15, 0.2) is 0 Å². The zero-order chi connectivity index (χ0) is 13.4. The summed E-state index contributed by atoms with van der Waals surface area (Å²) in [6, 6.07) is 1.60. The highest BCUT2D eigenvalue weighted by atomic mass is 16.5. The van der Waals surface area contributed by atoms with Crippen LogP contribution in [-0.2, 0) is 4.74 Å². The van der Waals surface area contributed by atoms with Crippen molar-refractivity contribution in [3.05, 3.63) is 39.9 Å². The molecule has 1 rings (SSSR count). The van der Waals surface area contributed by atoms with Gasteiger partial charge in [0.25, 0.3) is 0 Å². The van der Waals surface area contributed by atoms with Crippen LogP contribution < -0.4 is 5.73 Å². The molecule has 0 aliphatic rings. The van der Waals surface area contributed by atoms with Gasteiger partial charge in [-0.2, -0.15) is 0 Å². The summed E-state index contributed by atoms with van der Waals surface area (Å²) in [4.78, 5) is 17.9. The molecule has 0 unspecified atom stereocenters. The van der Waals surface area contributed by atoms with E-state index in [0.717, 1.165) is 5.56 Å². The van der Waals surface area contributed by atoms with Crippen molar-refractivity contribution in [2.75, 3.05) is 19.4 Å². The number of nitrogen functional groups attached to an aromatic ring is 1. The van der Waals surface area contributed by atoms with E-state index in [1.54, 1.807) is 18.3 Å². The molecule has 0 bridgehead atoms. The van der Waals surface area contributed by atoms with E-state index in [-0.39, 0.29) is 11.4 Å². The Morgan fingerprint density at radius 1 is 1.72 bits per heavy atom. The number of esters is 1. The first-order valence-electron chi connectivity index (χ1n) is 5.20. The Bertz CT molecular complexity index is 506. The van der Waals surface area contributed by atoms with E-state index < -0.39 is 5.97 Å². The van der Waals surface area contributed by atoms with Gasteiger partial charge in [-0.3, -0.25) is 0 Å². The zero-order valence-corrected chi connectivity index (χ0v) is 9.91. The number of pyridine rings is 1. The lowest BCUT2D eigenvalue weighted by Gasteiger charge is -2.03. The van der Waals surface area contributed by atoms with Crippen LogP contribution in [0.1, 0.15) is 22.3 Å². The van der Waals surface area contributed by atoms with Gasteiger partial charge in [0, 0.05) is 17.7 Å². The second kappa shape index (κ2) is 6.93. The molecule has 7 heteroatoms. The number of carbonyl (C=O) groups excluding carboxylic acids is 1. The number of hydrogen-bond donors (Lipinski definition) is 1. The largest absolute Gasteiger partial charge is 0.465 e. The first-order valence-corrected chi connectivity index (χ1v) is 5.20. The summed E-state index contributed by atoms with van der Waals surface area (Å²) in [7, 11) is 1.28. The summed E-state index contributed by atoms with van der Waals surface area (Å²) < 4.78 is 4.59. The molecule has 0 spiro atoms. The highest BCUT2D eigenvalue weighted by Gasteiger charge is 2.10. The van der Waals surface area contributed by atoms with Crippen molar-refractivity contribution in [3.63, 3.8) is 0 Å². The minimum atomic E-state index is -0.524. The summed E-state index contributed by atoms with van der Waals surface area (Å²) >= 11 is 0. The van der Waals surface area contributed by atoms with Crippen LogP contribution in [0.2, 0.25) is 0 Å². The number of anilines is 1. The number of azide groups is 1. The molecule has 94 valence electrons. The first kappa shape index (κ1) is 13.5. The maximum atomic E-state index is 11.4. The molecule has 2 N–H and O–H groups in total. The molecule has 18 heavy (non-hydrogen) atoms. The fourth-order valence-electron chi connectivity index (χ4n) is 1.25. The van der Waals surface area contributed by atoms with Crippen LogP contribution in [0.25, 0.3) is 16.5 Å². The van der Waals surface area contributed by atoms with E-state index in [9.17, 15) is 4.79 Å². The number of carbonyl (C=O) groups is 1. The van der Waals surface area contributed by atoms with Gasteiger partial charge in [0.05, 0.1) is 7.11 Å². The van der Waals surface area contributed by atoms with Crippen molar-refractivity contribution in [1.29, 1.82) is 0 Å². The summed E-state index contributed by atoms with van der Waals surface area (Å²) in [6.07, 6.45) is 5.75. The second-order valence-corrected chi connectivity index (χ2v) is 3.34. The number of aromatic nitrogens is 1. The van der Waals surface area contributed by atoms with Crippen molar-refractivity contribution in [2.45, 2.75) is 6.42 Å². The monoisotopic (exact) mass is 247 g/mol. The molecule has 0 radical (unpaired) electrons. The van der Waals surface area contributed by atoms with Crippen LogP contribution in [0.15, 0.2) is 23.5 Å². The van der Waals surface area contributed by atoms with E-state index >= 15 is 0 Å². The predicted octanol–water partition coefficient (Wildman–Crippen LogP) is 2.16. The van der Waals surface area contributed by atoms with Gasteiger partial charge in [-0.05, 0) is 23.6 Å². The topological polar surface area (TPSA) is 114 Å². The molecule has 7 nitrogen and oxygen atoms in total. The van der Waals surface area contributed by atoms with Crippen molar-refractivity contribution in [3.8, 4) is 0 Å². The average Bonchev–Trinajstić information content (AvgIpc) is 2.39. The highest BCUT2D eigenvalue weighted by Crippen LogP contribution is 2.13. The van der Waals surface area contributed by atoms with E-state index in [1.807, 2.05) is 6.08 Å². The quantitative estimate of drug-likeness (QED) is 0.282. The van der Waals surface area contributed by atoms with Gasteiger partial charge < -0.3 is 10.5 Å². The van der Waals surface area contributed by atoms with Gasteiger partial charge in [0.2, 0.25) is 0 Å². The molecule has 1 aromatic heterocycles. The van der Waals surface area contributed by atoms with E-state index in [1.165, 1.54) is 7.11 Å². The highest BCUT2D eigenvalue weighted by molar-refractivity contribution is 5.94. The summed E-state index contributed by atoms with van der Waals surface area (Å²) in [5, 5.41) is 3.40. The van der Waals surface area contributed by atoms with Crippen LogP contribution in [0.5, 0.6) is 0 Å². The Kier molecular flexibility index (Phi) is 5.21.